The van der Waals surface area contributed by atoms with Gasteiger partial charge in [-0.05, 0) is 25.0 Å². The van der Waals surface area contributed by atoms with Gasteiger partial charge in [-0.1, -0.05) is 0 Å². The standard InChI is InChI=1S/C13H13FN2O4/c14-8-1-4-12(16(18)19)11(5-8)13(17)15-6-9-2-3-10(7-15)20-9/h1,4-5,9-10H,2-3,6-7H2. The third kappa shape index (κ3) is 2.24. The Morgan fingerprint density at radius 3 is 2.60 bits per heavy atom. The number of carbonyl (C=O) groups is 1. The summed E-state index contributed by atoms with van der Waals surface area (Å²) in [5.41, 5.74) is -0.563. The molecule has 2 aliphatic rings. The Morgan fingerprint density at radius 1 is 1.35 bits per heavy atom. The maximum atomic E-state index is 13.3. The summed E-state index contributed by atoms with van der Waals surface area (Å²) in [5, 5.41) is 10.9. The summed E-state index contributed by atoms with van der Waals surface area (Å²) < 4.78 is 18.9. The molecule has 0 aliphatic carbocycles. The second-order valence-electron chi connectivity index (χ2n) is 5.09. The first-order chi connectivity index (χ1) is 9.54. The van der Waals surface area contributed by atoms with Gasteiger partial charge in [0, 0.05) is 19.2 Å². The number of amides is 1. The van der Waals surface area contributed by atoms with Crippen molar-refractivity contribution >= 4 is 11.6 Å². The Kier molecular flexibility index (Phi) is 3.13. The van der Waals surface area contributed by atoms with Gasteiger partial charge in [0.1, 0.15) is 11.4 Å². The molecule has 2 heterocycles. The van der Waals surface area contributed by atoms with Crippen molar-refractivity contribution in [3.05, 3.63) is 39.7 Å². The van der Waals surface area contributed by atoms with E-state index in [1.807, 2.05) is 0 Å². The Balaban J connectivity index is 1.90. The first kappa shape index (κ1) is 13.0. The molecule has 0 N–H and O–H groups in total. The lowest BCUT2D eigenvalue weighted by atomic mass is 10.1. The predicted molar refractivity (Wildman–Crippen MR) is 66.9 cm³/mol. The van der Waals surface area contributed by atoms with Gasteiger partial charge in [0.15, 0.2) is 0 Å². The third-order valence-corrected chi connectivity index (χ3v) is 3.72. The number of fused-ring (bicyclic) bond motifs is 2. The molecule has 2 fully saturated rings. The van der Waals surface area contributed by atoms with E-state index < -0.39 is 16.6 Å². The largest absolute Gasteiger partial charge is 0.371 e. The molecular weight excluding hydrogens is 267 g/mol. The molecule has 2 saturated heterocycles. The lowest BCUT2D eigenvalue weighted by Gasteiger charge is -2.32. The Morgan fingerprint density at radius 2 is 2.00 bits per heavy atom. The molecule has 2 aliphatic heterocycles. The van der Waals surface area contributed by atoms with E-state index in [4.69, 9.17) is 4.74 Å². The second kappa shape index (κ2) is 4.82. The summed E-state index contributed by atoms with van der Waals surface area (Å²) in [6, 6.07) is 2.94. The van der Waals surface area contributed by atoms with Crippen LogP contribution in [-0.2, 0) is 4.74 Å². The zero-order chi connectivity index (χ0) is 14.3. The number of carbonyl (C=O) groups excluding carboxylic acids is 1. The van der Waals surface area contributed by atoms with Crippen LogP contribution in [0.1, 0.15) is 23.2 Å². The average molecular weight is 280 g/mol. The second-order valence-corrected chi connectivity index (χ2v) is 5.09. The lowest BCUT2D eigenvalue weighted by molar-refractivity contribution is -0.385. The topological polar surface area (TPSA) is 72.7 Å². The summed E-state index contributed by atoms with van der Waals surface area (Å²) in [4.78, 5) is 24.2. The van der Waals surface area contributed by atoms with Gasteiger partial charge in [0.2, 0.25) is 0 Å². The molecule has 106 valence electrons. The molecule has 0 spiro atoms. The van der Waals surface area contributed by atoms with E-state index in [1.54, 1.807) is 0 Å². The highest BCUT2D eigenvalue weighted by molar-refractivity contribution is 5.98. The van der Waals surface area contributed by atoms with E-state index in [2.05, 4.69) is 0 Å². The van der Waals surface area contributed by atoms with Gasteiger partial charge >= 0.3 is 0 Å². The van der Waals surface area contributed by atoms with Gasteiger partial charge in [-0.15, -0.1) is 0 Å². The van der Waals surface area contributed by atoms with Crippen LogP contribution in [0.4, 0.5) is 10.1 Å². The van der Waals surface area contributed by atoms with Crippen molar-refractivity contribution < 1.29 is 18.8 Å². The highest BCUT2D eigenvalue weighted by Gasteiger charge is 2.37. The zero-order valence-electron chi connectivity index (χ0n) is 10.6. The molecule has 20 heavy (non-hydrogen) atoms. The minimum absolute atomic E-state index is 0.00897. The summed E-state index contributed by atoms with van der Waals surface area (Å²) >= 11 is 0. The fourth-order valence-corrected chi connectivity index (χ4v) is 2.79. The SMILES string of the molecule is O=C(c1cc(F)ccc1[N+](=O)[O-])N1CC2CCC(C1)O2. The molecule has 0 aromatic heterocycles. The molecule has 0 saturated carbocycles. The van der Waals surface area contributed by atoms with Crippen LogP contribution in [0, 0.1) is 15.9 Å². The van der Waals surface area contributed by atoms with Gasteiger partial charge in [0.25, 0.3) is 11.6 Å². The van der Waals surface area contributed by atoms with Crippen molar-refractivity contribution in [1.82, 2.24) is 4.90 Å². The molecule has 0 radical (unpaired) electrons. The van der Waals surface area contributed by atoms with Crippen LogP contribution in [0.3, 0.4) is 0 Å². The number of halogens is 1. The van der Waals surface area contributed by atoms with Gasteiger partial charge in [-0.2, -0.15) is 0 Å². The number of nitrogens with zero attached hydrogens (tertiary/aromatic N) is 2. The lowest BCUT2D eigenvalue weighted by Crippen LogP contribution is -2.46. The number of hydrogen-bond acceptors (Lipinski definition) is 4. The summed E-state index contributed by atoms with van der Waals surface area (Å²) in [5.74, 6) is -1.16. The maximum Gasteiger partial charge on any atom is 0.282 e. The molecule has 1 aromatic carbocycles. The molecule has 7 heteroatoms. The van der Waals surface area contributed by atoms with E-state index in [9.17, 15) is 19.3 Å². The average Bonchev–Trinajstić information content (AvgIpc) is 2.76. The van der Waals surface area contributed by atoms with Crippen molar-refractivity contribution in [1.29, 1.82) is 0 Å². The molecule has 2 bridgehead atoms. The summed E-state index contributed by atoms with van der Waals surface area (Å²) in [6.45, 7) is 0.812. The number of nitro groups is 1. The Labute approximate surface area is 114 Å². The quantitative estimate of drug-likeness (QED) is 0.611. The van der Waals surface area contributed by atoms with Gasteiger partial charge < -0.3 is 9.64 Å². The van der Waals surface area contributed by atoms with Crippen molar-refractivity contribution in [3.8, 4) is 0 Å². The van der Waals surface area contributed by atoms with Gasteiger partial charge in [-0.3, -0.25) is 14.9 Å². The molecular formula is C13H13FN2O4. The van der Waals surface area contributed by atoms with Crippen LogP contribution in [-0.4, -0.2) is 41.0 Å². The highest BCUT2D eigenvalue weighted by Crippen LogP contribution is 2.29. The van der Waals surface area contributed by atoms with Crippen LogP contribution in [0.2, 0.25) is 0 Å². The molecule has 2 unspecified atom stereocenters. The van der Waals surface area contributed by atoms with Crippen LogP contribution in [0.5, 0.6) is 0 Å². The van der Waals surface area contributed by atoms with E-state index in [0.29, 0.717) is 13.1 Å². The molecule has 6 nitrogen and oxygen atoms in total. The van der Waals surface area contributed by atoms with Crippen LogP contribution >= 0.6 is 0 Å². The summed E-state index contributed by atoms with van der Waals surface area (Å²) in [7, 11) is 0. The minimum atomic E-state index is -0.665. The van der Waals surface area contributed by atoms with Gasteiger partial charge in [-0.25, -0.2) is 4.39 Å². The zero-order valence-corrected chi connectivity index (χ0v) is 10.6. The van der Waals surface area contributed by atoms with Crippen molar-refractivity contribution in [2.75, 3.05) is 13.1 Å². The van der Waals surface area contributed by atoms with E-state index in [0.717, 1.165) is 31.0 Å². The first-order valence-corrected chi connectivity index (χ1v) is 6.43. The molecule has 1 amide bonds. The monoisotopic (exact) mass is 280 g/mol. The highest BCUT2D eigenvalue weighted by atomic mass is 19.1. The minimum Gasteiger partial charge on any atom is -0.371 e. The number of likely N-dealkylation sites (tertiary alicyclic amines) is 1. The first-order valence-electron chi connectivity index (χ1n) is 6.43. The smallest absolute Gasteiger partial charge is 0.282 e. The molecule has 2 atom stereocenters. The van der Waals surface area contributed by atoms with Crippen molar-refractivity contribution in [3.63, 3.8) is 0 Å². The predicted octanol–water partition coefficient (Wildman–Crippen LogP) is 1.74. The number of nitro benzene ring substituents is 1. The van der Waals surface area contributed by atoms with Crippen LogP contribution < -0.4 is 0 Å². The fourth-order valence-electron chi connectivity index (χ4n) is 2.79. The molecule has 1 aromatic rings. The van der Waals surface area contributed by atoms with Crippen LogP contribution in [0.25, 0.3) is 0 Å². The number of hydrogen-bond donors (Lipinski definition) is 0. The van der Waals surface area contributed by atoms with E-state index in [-0.39, 0.29) is 23.5 Å². The molecule has 3 rings (SSSR count). The normalized spacial score (nSPS) is 24.8. The fraction of sp³-hybridized carbons (Fsp3) is 0.462. The van der Waals surface area contributed by atoms with Crippen molar-refractivity contribution in [2.45, 2.75) is 25.0 Å². The number of ether oxygens (including phenoxy) is 1. The maximum absolute atomic E-state index is 13.3. The van der Waals surface area contributed by atoms with Gasteiger partial charge in [0.05, 0.1) is 17.1 Å². The third-order valence-electron chi connectivity index (χ3n) is 3.72. The Hall–Kier alpha value is -2.02. The Bertz CT molecular complexity index is 565. The van der Waals surface area contributed by atoms with E-state index in [1.165, 1.54) is 4.90 Å². The van der Waals surface area contributed by atoms with Crippen LogP contribution in [0.15, 0.2) is 18.2 Å². The number of morpholine rings is 1. The van der Waals surface area contributed by atoms with Crippen molar-refractivity contribution in [2.24, 2.45) is 0 Å². The van der Waals surface area contributed by atoms with E-state index >= 15 is 0 Å². The number of rotatable bonds is 2. The number of benzene rings is 1. The summed E-state index contributed by atoms with van der Waals surface area (Å²) in [6.07, 6.45) is 1.76.